The first-order valence-electron chi connectivity index (χ1n) is 8.96. The summed E-state index contributed by atoms with van der Waals surface area (Å²) in [4.78, 5) is 16.4. The summed E-state index contributed by atoms with van der Waals surface area (Å²) >= 11 is 0. The average Bonchev–Trinajstić information content (AvgIpc) is 2.44. The molecule has 2 heterocycles. The molecule has 1 amide bonds. The van der Waals surface area contributed by atoms with Crippen LogP contribution in [0.4, 0.5) is 4.79 Å². The maximum Gasteiger partial charge on any atom is 0.410 e. The molecule has 2 aliphatic rings. The van der Waals surface area contributed by atoms with Gasteiger partial charge >= 0.3 is 6.09 Å². The molecule has 0 aromatic rings. The van der Waals surface area contributed by atoms with E-state index in [1.54, 1.807) is 4.90 Å². The predicted octanol–water partition coefficient (Wildman–Crippen LogP) is 2.25. The molecular formula is C18H34N2O4. The van der Waals surface area contributed by atoms with E-state index in [2.05, 4.69) is 25.7 Å². The number of carbonyl (C=O) groups excluding carboxylic acids is 1. The third-order valence-corrected chi connectivity index (χ3v) is 4.80. The molecule has 2 fully saturated rings. The maximum atomic E-state index is 12.2. The number of ether oxygens (including phenoxy) is 2. The second-order valence-corrected chi connectivity index (χ2v) is 9.12. The first-order chi connectivity index (χ1) is 10.9. The normalized spacial score (nSPS) is 25.8. The Hall–Kier alpha value is -0.850. The molecule has 2 saturated heterocycles. The smallest absolute Gasteiger partial charge is 0.410 e. The van der Waals surface area contributed by atoms with Crippen LogP contribution in [0.2, 0.25) is 0 Å². The average molecular weight is 342 g/mol. The van der Waals surface area contributed by atoms with Crippen LogP contribution in [0.15, 0.2) is 0 Å². The number of hydrogen-bond donors (Lipinski definition) is 1. The van der Waals surface area contributed by atoms with E-state index in [0.29, 0.717) is 13.1 Å². The maximum absolute atomic E-state index is 12.2. The van der Waals surface area contributed by atoms with Crippen molar-refractivity contribution in [1.82, 2.24) is 9.80 Å². The lowest BCUT2D eigenvalue weighted by atomic mass is 9.87. The van der Waals surface area contributed by atoms with Crippen molar-refractivity contribution >= 4 is 6.09 Å². The molecule has 6 nitrogen and oxygen atoms in total. The second-order valence-electron chi connectivity index (χ2n) is 9.12. The summed E-state index contributed by atoms with van der Waals surface area (Å²) in [5, 5.41) is 9.62. The van der Waals surface area contributed by atoms with Crippen LogP contribution in [0.3, 0.4) is 0 Å². The Kier molecular flexibility index (Phi) is 5.52. The van der Waals surface area contributed by atoms with E-state index in [4.69, 9.17) is 9.47 Å². The highest BCUT2D eigenvalue weighted by molar-refractivity contribution is 5.68. The van der Waals surface area contributed by atoms with Gasteiger partial charge in [-0.1, -0.05) is 0 Å². The quantitative estimate of drug-likeness (QED) is 0.792. The van der Waals surface area contributed by atoms with Gasteiger partial charge in [0.1, 0.15) is 5.60 Å². The van der Waals surface area contributed by atoms with Crippen LogP contribution in [0.5, 0.6) is 0 Å². The summed E-state index contributed by atoms with van der Waals surface area (Å²) in [5.74, 6) is 0. The number of carbonyl (C=O) groups is 1. The number of piperidine rings is 1. The zero-order valence-corrected chi connectivity index (χ0v) is 16.1. The topological polar surface area (TPSA) is 62.2 Å². The third-order valence-electron chi connectivity index (χ3n) is 4.80. The minimum Gasteiger partial charge on any atom is -0.444 e. The summed E-state index contributed by atoms with van der Waals surface area (Å²) in [7, 11) is 0. The molecule has 0 aromatic heterocycles. The van der Waals surface area contributed by atoms with E-state index in [1.165, 1.54) is 0 Å². The van der Waals surface area contributed by atoms with Crippen LogP contribution < -0.4 is 0 Å². The van der Waals surface area contributed by atoms with Gasteiger partial charge < -0.3 is 19.5 Å². The largest absolute Gasteiger partial charge is 0.444 e. The van der Waals surface area contributed by atoms with Gasteiger partial charge in [-0.25, -0.2) is 4.79 Å². The Balaban J connectivity index is 2.01. The van der Waals surface area contributed by atoms with Crippen molar-refractivity contribution in [3.8, 4) is 0 Å². The van der Waals surface area contributed by atoms with Gasteiger partial charge in [0.2, 0.25) is 0 Å². The Morgan fingerprint density at radius 3 is 2.25 bits per heavy atom. The van der Waals surface area contributed by atoms with Crippen LogP contribution in [0.1, 0.15) is 54.4 Å². The molecule has 0 unspecified atom stereocenters. The fourth-order valence-corrected chi connectivity index (χ4v) is 3.39. The fourth-order valence-electron chi connectivity index (χ4n) is 3.39. The monoisotopic (exact) mass is 342 g/mol. The predicted molar refractivity (Wildman–Crippen MR) is 93.1 cm³/mol. The van der Waals surface area contributed by atoms with Gasteiger partial charge in [-0.05, 0) is 54.4 Å². The molecule has 0 radical (unpaired) electrons. The summed E-state index contributed by atoms with van der Waals surface area (Å²) in [5.41, 5.74) is -0.720. The first-order valence-corrected chi connectivity index (χ1v) is 8.96. The zero-order valence-electron chi connectivity index (χ0n) is 16.1. The number of likely N-dealkylation sites (tertiary alicyclic amines) is 1. The van der Waals surface area contributed by atoms with Gasteiger partial charge in [-0.15, -0.1) is 0 Å². The van der Waals surface area contributed by atoms with Crippen LogP contribution in [-0.4, -0.2) is 76.6 Å². The molecule has 0 saturated carbocycles. The van der Waals surface area contributed by atoms with Crippen molar-refractivity contribution in [2.24, 2.45) is 0 Å². The van der Waals surface area contributed by atoms with Crippen LogP contribution >= 0.6 is 0 Å². The van der Waals surface area contributed by atoms with Crippen LogP contribution in [-0.2, 0) is 9.47 Å². The number of nitrogens with zero attached hydrogens (tertiary/aromatic N) is 2. The lowest BCUT2D eigenvalue weighted by molar-refractivity contribution is -0.196. The van der Waals surface area contributed by atoms with Gasteiger partial charge in [0.25, 0.3) is 0 Å². The molecule has 0 aromatic carbocycles. The molecule has 6 heteroatoms. The first kappa shape index (κ1) is 19.5. The highest BCUT2D eigenvalue weighted by Gasteiger charge is 2.46. The van der Waals surface area contributed by atoms with Crippen molar-refractivity contribution in [3.05, 3.63) is 0 Å². The number of rotatable bonds is 1. The number of morpholine rings is 1. The highest BCUT2D eigenvalue weighted by Crippen LogP contribution is 2.35. The summed E-state index contributed by atoms with van der Waals surface area (Å²) in [6, 6.07) is 0. The van der Waals surface area contributed by atoms with Crippen LogP contribution in [0, 0.1) is 0 Å². The number of hydrogen-bond acceptors (Lipinski definition) is 5. The molecule has 140 valence electrons. The lowest BCUT2D eigenvalue weighted by Crippen LogP contribution is -2.64. The van der Waals surface area contributed by atoms with Crippen molar-refractivity contribution < 1.29 is 19.4 Å². The Bertz CT molecular complexity index is 445. The van der Waals surface area contributed by atoms with Gasteiger partial charge in [0.15, 0.2) is 0 Å². The molecule has 2 rings (SSSR count). The van der Waals surface area contributed by atoms with E-state index < -0.39 is 5.60 Å². The van der Waals surface area contributed by atoms with Gasteiger partial charge in [-0.3, -0.25) is 4.90 Å². The van der Waals surface area contributed by atoms with E-state index in [1.807, 2.05) is 20.8 Å². The summed E-state index contributed by atoms with van der Waals surface area (Å²) in [6.45, 7) is 15.1. The molecule has 0 aliphatic carbocycles. The van der Waals surface area contributed by atoms with Crippen molar-refractivity contribution in [2.45, 2.75) is 77.2 Å². The molecule has 1 N–H and O–H groups in total. The van der Waals surface area contributed by atoms with Crippen molar-refractivity contribution in [3.63, 3.8) is 0 Å². The van der Waals surface area contributed by atoms with Crippen molar-refractivity contribution in [2.75, 3.05) is 32.8 Å². The fraction of sp³-hybridized carbons (Fsp3) is 0.944. The standard InChI is InChI=1S/C18H34N2O4/c1-16(2,3)20-11-14(12-21)23-18(13-20)7-9-19(10-8-18)15(22)24-17(4,5)6/h14,21H,7-13H2,1-6H3/t14-/m1/s1. The Morgan fingerprint density at radius 1 is 1.21 bits per heavy atom. The molecular weight excluding hydrogens is 308 g/mol. The summed E-state index contributed by atoms with van der Waals surface area (Å²) < 4.78 is 11.7. The van der Waals surface area contributed by atoms with Gasteiger partial charge in [0, 0.05) is 31.7 Å². The number of aliphatic hydroxyl groups excluding tert-OH is 1. The molecule has 1 atom stereocenters. The Labute approximate surface area is 146 Å². The minimum atomic E-state index is -0.474. The molecule has 24 heavy (non-hydrogen) atoms. The summed E-state index contributed by atoms with van der Waals surface area (Å²) in [6.07, 6.45) is 1.13. The van der Waals surface area contributed by atoms with Crippen LogP contribution in [0.25, 0.3) is 0 Å². The highest BCUT2D eigenvalue weighted by atomic mass is 16.6. The SMILES string of the molecule is CC(C)(C)OC(=O)N1CCC2(CC1)CN(C(C)(C)C)C[C@H](CO)O2. The third kappa shape index (κ3) is 4.83. The lowest BCUT2D eigenvalue weighted by Gasteiger charge is -2.53. The number of aliphatic hydroxyl groups is 1. The van der Waals surface area contributed by atoms with E-state index in [0.717, 1.165) is 25.9 Å². The number of amides is 1. The minimum absolute atomic E-state index is 0.0319. The van der Waals surface area contributed by atoms with Crippen molar-refractivity contribution in [1.29, 1.82) is 0 Å². The van der Waals surface area contributed by atoms with Gasteiger partial charge in [-0.2, -0.15) is 0 Å². The zero-order chi connectivity index (χ0) is 18.2. The van der Waals surface area contributed by atoms with Gasteiger partial charge in [0.05, 0.1) is 18.3 Å². The molecule has 2 aliphatic heterocycles. The van der Waals surface area contributed by atoms with E-state index >= 15 is 0 Å². The van der Waals surface area contributed by atoms with E-state index in [9.17, 15) is 9.90 Å². The Morgan fingerprint density at radius 2 is 1.79 bits per heavy atom. The second kappa shape index (κ2) is 6.81. The molecule has 1 spiro atoms. The van der Waals surface area contributed by atoms with E-state index in [-0.39, 0.29) is 29.9 Å². The molecule has 0 bridgehead atoms.